The molecule has 1 rings (SSSR count). The van der Waals surface area contributed by atoms with Crippen molar-refractivity contribution in [2.24, 2.45) is 5.73 Å². The molecule has 5 nitrogen and oxygen atoms in total. The summed E-state index contributed by atoms with van der Waals surface area (Å²) in [5.41, 5.74) is 4.85. The van der Waals surface area contributed by atoms with Crippen molar-refractivity contribution in [1.29, 1.82) is 0 Å². The smallest absolute Gasteiger partial charge is 0.327 e. The van der Waals surface area contributed by atoms with Crippen LogP contribution in [-0.4, -0.2) is 28.6 Å². The van der Waals surface area contributed by atoms with Crippen molar-refractivity contribution in [2.75, 3.05) is 0 Å². The zero-order chi connectivity index (χ0) is 11.5. The highest BCUT2D eigenvalue weighted by Gasteiger charge is 2.41. The van der Waals surface area contributed by atoms with Crippen LogP contribution in [0, 0.1) is 12.3 Å². The summed E-state index contributed by atoms with van der Waals surface area (Å²) in [6.07, 6.45) is 7.07. The van der Waals surface area contributed by atoms with E-state index in [9.17, 15) is 9.59 Å². The van der Waals surface area contributed by atoms with Crippen molar-refractivity contribution < 1.29 is 14.7 Å². The number of nitrogens with one attached hydrogen (secondary N) is 1. The van der Waals surface area contributed by atoms with Gasteiger partial charge in [-0.3, -0.25) is 4.79 Å². The first-order chi connectivity index (χ1) is 6.99. The molecule has 0 aromatic rings. The van der Waals surface area contributed by atoms with Crippen LogP contribution >= 0.6 is 0 Å². The average Bonchev–Trinajstić information content (AvgIpc) is 2.13. The molecule has 1 amide bonds. The highest BCUT2D eigenvalue weighted by atomic mass is 16.4. The van der Waals surface area contributed by atoms with Crippen LogP contribution in [0.2, 0.25) is 0 Å². The predicted molar refractivity (Wildman–Crippen MR) is 53.8 cm³/mol. The van der Waals surface area contributed by atoms with E-state index in [1.165, 1.54) is 0 Å². The molecule has 0 heterocycles. The minimum absolute atomic E-state index is 0.0306. The van der Waals surface area contributed by atoms with Crippen molar-refractivity contribution in [1.82, 2.24) is 5.32 Å². The SMILES string of the molecule is C#CCC(NC(=O)C1(N)CCC1)C(=O)O. The van der Waals surface area contributed by atoms with E-state index in [-0.39, 0.29) is 6.42 Å². The Morgan fingerprint density at radius 2 is 2.20 bits per heavy atom. The number of amides is 1. The largest absolute Gasteiger partial charge is 0.480 e. The molecule has 0 aliphatic heterocycles. The number of hydrogen-bond acceptors (Lipinski definition) is 3. The fourth-order valence-electron chi connectivity index (χ4n) is 1.40. The average molecular weight is 210 g/mol. The van der Waals surface area contributed by atoms with Gasteiger partial charge in [0.15, 0.2) is 0 Å². The highest BCUT2D eigenvalue weighted by molar-refractivity contribution is 5.90. The molecular formula is C10H14N2O3. The van der Waals surface area contributed by atoms with Gasteiger partial charge in [-0.05, 0) is 19.3 Å². The summed E-state index contributed by atoms with van der Waals surface area (Å²) in [6.45, 7) is 0. The zero-order valence-corrected chi connectivity index (χ0v) is 8.32. The molecule has 0 bridgehead atoms. The van der Waals surface area contributed by atoms with E-state index in [1.54, 1.807) is 0 Å². The first kappa shape index (κ1) is 11.5. The standard InChI is InChI=1S/C10H14N2O3/c1-2-4-7(8(13)14)12-9(15)10(11)5-3-6-10/h1,7H,3-6,11H2,(H,12,15)(H,13,14). The molecular weight excluding hydrogens is 196 g/mol. The topological polar surface area (TPSA) is 92.4 Å². The Bertz CT molecular complexity index is 315. The number of hydrogen-bond donors (Lipinski definition) is 3. The normalized spacial score (nSPS) is 19.5. The van der Waals surface area contributed by atoms with Crippen LogP contribution in [0.15, 0.2) is 0 Å². The van der Waals surface area contributed by atoms with Gasteiger partial charge in [-0.15, -0.1) is 12.3 Å². The van der Waals surface area contributed by atoms with Gasteiger partial charge in [0.2, 0.25) is 5.91 Å². The van der Waals surface area contributed by atoms with Crippen molar-refractivity contribution in [2.45, 2.75) is 37.3 Å². The van der Waals surface area contributed by atoms with Crippen molar-refractivity contribution in [3.63, 3.8) is 0 Å². The molecule has 0 radical (unpaired) electrons. The van der Waals surface area contributed by atoms with Crippen molar-refractivity contribution in [3.05, 3.63) is 0 Å². The minimum atomic E-state index is -1.13. The lowest BCUT2D eigenvalue weighted by Gasteiger charge is -2.36. The molecule has 82 valence electrons. The second-order valence-electron chi connectivity index (χ2n) is 3.78. The summed E-state index contributed by atoms with van der Waals surface area (Å²) in [5.74, 6) is 0.651. The second kappa shape index (κ2) is 4.32. The van der Waals surface area contributed by atoms with Crippen LogP contribution in [0.4, 0.5) is 0 Å². The Hall–Kier alpha value is -1.54. The number of terminal acetylenes is 1. The minimum Gasteiger partial charge on any atom is -0.480 e. The van der Waals surface area contributed by atoms with E-state index in [0.29, 0.717) is 12.8 Å². The molecule has 1 aliphatic carbocycles. The van der Waals surface area contributed by atoms with Crippen LogP contribution in [0.3, 0.4) is 0 Å². The number of rotatable bonds is 4. The van der Waals surface area contributed by atoms with Crippen LogP contribution in [-0.2, 0) is 9.59 Å². The number of nitrogens with two attached hydrogens (primary N) is 1. The Morgan fingerprint density at radius 3 is 2.53 bits per heavy atom. The Labute approximate surface area is 88.0 Å². The van der Waals surface area contributed by atoms with Gasteiger partial charge in [0.05, 0.1) is 5.54 Å². The third kappa shape index (κ3) is 2.48. The first-order valence-electron chi connectivity index (χ1n) is 4.76. The maximum absolute atomic E-state index is 11.6. The number of carbonyl (C=O) groups excluding carboxylic acids is 1. The maximum atomic E-state index is 11.6. The van der Waals surface area contributed by atoms with Crippen molar-refractivity contribution >= 4 is 11.9 Å². The molecule has 1 atom stereocenters. The molecule has 0 saturated heterocycles. The van der Waals surface area contributed by atoms with Gasteiger partial charge in [0.1, 0.15) is 6.04 Å². The summed E-state index contributed by atoms with van der Waals surface area (Å²) in [6, 6.07) is -1.04. The number of aliphatic carboxylic acids is 1. The second-order valence-corrected chi connectivity index (χ2v) is 3.78. The fourth-order valence-corrected chi connectivity index (χ4v) is 1.40. The van der Waals surface area contributed by atoms with E-state index in [2.05, 4.69) is 11.2 Å². The zero-order valence-electron chi connectivity index (χ0n) is 8.32. The van der Waals surface area contributed by atoms with Gasteiger partial charge >= 0.3 is 5.97 Å². The number of carboxylic acids is 1. The molecule has 15 heavy (non-hydrogen) atoms. The molecule has 4 N–H and O–H groups in total. The van der Waals surface area contributed by atoms with Gasteiger partial charge in [-0.2, -0.15) is 0 Å². The van der Waals surface area contributed by atoms with Gasteiger partial charge in [0.25, 0.3) is 0 Å². The summed E-state index contributed by atoms with van der Waals surface area (Å²) in [4.78, 5) is 22.3. The molecule has 0 aromatic carbocycles. The lowest BCUT2D eigenvalue weighted by atomic mass is 9.77. The van der Waals surface area contributed by atoms with Gasteiger partial charge in [-0.25, -0.2) is 4.79 Å². The fraction of sp³-hybridized carbons (Fsp3) is 0.600. The predicted octanol–water partition coefficient (Wildman–Crippen LogP) is -0.539. The third-order valence-electron chi connectivity index (χ3n) is 2.62. The Kier molecular flexibility index (Phi) is 3.32. The molecule has 1 aliphatic rings. The molecule has 1 saturated carbocycles. The Morgan fingerprint density at radius 1 is 1.60 bits per heavy atom. The van der Waals surface area contributed by atoms with E-state index >= 15 is 0 Å². The monoisotopic (exact) mass is 210 g/mol. The quantitative estimate of drug-likeness (QED) is 0.543. The molecule has 1 fully saturated rings. The van der Waals surface area contributed by atoms with Gasteiger partial charge < -0.3 is 16.2 Å². The molecule has 5 heteroatoms. The van der Waals surface area contributed by atoms with Crippen LogP contribution in [0.5, 0.6) is 0 Å². The molecule has 0 spiro atoms. The summed E-state index contributed by atoms with van der Waals surface area (Å²) in [5, 5.41) is 11.1. The third-order valence-corrected chi connectivity index (χ3v) is 2.62. The summed E-state index contributed by atoms with van der Waals surface area (Å²) >= 11 is 0. The van der Waals surface area contributed by atoms with E-state index in [0.717, 1.165) is 6.42 Å². The molecule has 0 aromatic heterocycles. The number of carboxylic acid groups (broad SMARTS) is 1. The van der Waals surface area contributed by atoms with Crippen LogP contribution < -0.4 is 11.1 Å². The number of carbonyl (C=O) groups is 2. The summed E-state index contributed by atoms with van der Waals surface area (Å²) < 4.78 is 0. The van der Waals surface area contributed by atoms with Crippen molar-refractivity contribution in [3.8, 4) is 12.3 Å². The van der Waals surface area contributed by atoms with E-state index in [1.807, 2.05) is 0 Å². The Balaban J connectivity index is 2.55. The van der Waals surface area contributed by atoms with E-state index in [4.69, 9.17) is 17.3 Å². The lowest BCUT2D eigenvalue weighted by molar-refractivity contribution is -0.143. The van der Waals surface area contributed by atoms with Crippen LogP contribution in [0.1, 0.15) is 25.7 Å². The van der Waals surface area contributed by atoms with Gasteiger partial charge in [0, 0.05) is 6.42 Å². The first-order valence-corrected chi connectivity index (χ1v) is 4.76. The van der Waals surface area contributed by atoms with Gasteiger partial charge in [-0.1, -0.05) is 0 Å². The molecule has 1 unspecified atom stereocenters. The lowest BCUT2D eigenvalue weighted by Crippen LogP contribution is -2.61. The highest BCUT2D eigenvalue weighted by Crippen LogP contribution is 2.29. The van der Waals surface area contributed by atoms with Crippen LogP contribution in [0.25, 0.3) is 0 Å². The maximum Gasteiger partial charge on any atom is 0.327 e. The van der Waals surface area contributed by atoms with E-state index < -0.39 is 23.5 Å². The summed E-state index contributed by atoms with van der Waals surface area (Å²) in [7, 11) is 0.